The van der Waals surface area contributed by atoms with Crippen LogP contribution >= 0.6 is 0 Å². The summed E-state index contributed by atoms with van der Waals surface area (Å²) in [6, 6.07) is -0.106. The third-order valence-electron chi connectivity index (χ3n) is 2.05. The van der Waals surface area contributed by atoms with Gasteiger partial charge in [0, 0.05) is 0 Å². The summed E-state index contributed by atoms with van der Waals surface area (Å²) in [4.78, 5) is 6.21. The van der Waals surface area contributed by atoms with E-state index in [9.17, 15) is 0 Å². The first-order chi connectivity index (χ1) is 6.50. The average molecular weight is 197 g/mol. The molecule has 0 saturated heterocycles. The van der Waals surface area contributed by atoms with Gasteiger partial charge < -0.3 is 15.1 Å². The van der Waals surface area contributed by atoms with E-state index in [1.54, 1.807) is 6.20 Å². The fourth-order valence-electron chi connectivity index (χ4n) is 1.15. The van der Waals surface area contributed by atoms with Crippen LogP contribution in [0.5, 0.6) is 0 Å². The second-order valence-corrected chi connectivity index (χ2v) is 4.17. The molecule has 4 heteroatoms. The number of hydrogen-bond acceptors (Lipinski definition) is 4. The van der Waals surface area contributed by atoms with Crippen LogP contribution in [0.3, 0.4) is 0 Å². The first-order valence-corrected chi connectivity index (χ1v) is 4.85. The highest BCUT2D eigenvalue weighted by atomic mass is 16.4. The maximum absolute atomic E-state index is 5.91. The van der Waals surface area contributed by atoms with Crippen molar-refractivity contribution < 1.29 is 4.42 Å². The molecule has 0 aromatic carbocycles. The van der Waals surface area contributed by atoms with Gasteiger partial charge in [-0.15, -0.1) is 0 Å². The van der Waals surface area contributed by atoms with Gasteiger partial charge in [0.25, 0.3) is 0 Å². The third kappa shape index (κ3) is 2.82. The van der Waals surface area contributed by atoms with E-state index in [1.165, 1.54) is 0 Å². The first kappa shape index (κ1) is 11.2. The Morgan fingerprint density at radius 2 is 2.14 bits per heavy atom. The second kappa shape index (κ2) is 4.57. The van der Waals surface area contributed by atoms with Crippen molar-refractivity contribution in [3.8, 4) is 0 Å². The van der Waals surface area contributed by atoms with Gasteiger partial charge in [-0.3, -0.25) is 0 Å². The van der Waals surface area contributed by atoms with Crippen molar-refractivity contribution in [2.45, 2.75) is 26.4 Å². The van der Waals surface area contributed by atoms with Crippen LogP contribution in [0.4, 0.5) is 0 Å². The van der Waals surface area contributed by atoms with Crippen LogP contribution in [0.2, 0.25) is 0 Å². The van der Waals surface area contributed by atoms with Gasteiger partial charge in [-0.25, -0.2) is 4.98 Å². The minimum absolute atomic E-state index is 0.106. The molecular weight excluding hydrogens is 178 g/mol. The molecule has 80 valence electrons. The molecule has 1 rings (SSSR count). The molecule has 0 spiro atoms. The lowest BCUT2D eigenvalue weighted by Gasteiger charge is -2.11. The molecule has 1 atom stereocenters. The van der Waals surface area contributed by atoms with Gasteiger partial charge in [-0.05, 0) is 20.0 Å². The summed E-state index contributed by atoms with van der Waals surface area (Å²) in [7, 11) is 3.98. The Morgan fingerprint density at radius 3 is 2.64 bits per heavy atom. The van der Waals surface area contributed by atoms with Crippen molar-refractivity contribution in [1.82, 2.24) is 9.88 Å². The van der Waals surface area contributed by atoms with E-state index >= 15 is 0 Å². The van der Waals surface area contributed by atoms with Gasteiger partial charge in [0.05, 0.1) is 18.8 Å². The molecule has 0 unspecified atom stereocenters. The number of oxazole rings is 1. The summed E-state index contributed by atoms with van der Waals surface area (Å²) >= 11 is 0. The molecule has 1 aromatic heterocycles. The van der Waals surface area contributed by atoms with E-state index in [-0.39, 0.29) is 6.04 Å². The summed E-state index contributed by atoms with van der Waals surface area (Å²) in [5.74, 6) is 1.85. The molecule has 0 bridgehead atoms. The van der Waals surface area contributed by atoms with Gasteiger partial charge in [-0.1, -0.05) is 13.8 Å². The second-order valence-electron chi connectivity index (χ2n) is 4.17. The molecule has 0 radical (unpaired) electrons. The van der Waals surface area contributed by atoms with Crippen molar-refractivity contribution >= 4 is 0 Å². The van der Waals surface area contributed by atoms with E-state index < -0.39 is 0 Å². The summed E-state index contributed by atoms with van der Waals surface area (Å²) in [6.45, 7) is 4.87. The molecule has 0 aliphatic carbocycles. The molecule has 1 aromatic rings. The van der Waals surface area contributed by atoms with E-state index in [2.05, 4.69) is 18.8 Å². The summed E-state index contributed by atoms with van der Waals surface area (Å²) < 4.78 is 5.54. The highest BCUT2D eigenvalue weighted by Gasteiger charge is 2.16. The Morgan fingerprint density at radius 1 is 1.50 bits per heavy atom. The van der Waals surface area contributed by atoms with Crippen LogP contribution in [0.1, 0.15) is 31.5 Å². The van der Waals surface area contributed by atoms with Crippen LogP contribution in [0.25, 0.3) is 0 Å². The van der Waals surface area contributed by atoms with Gasteiger partial charge in [-0.2, -0.15) is 0 Å². The lowest BCUT2D eigenvalue weighted by atomic mass is 10.1. The maximum atomic E-state index is 5.91. The predicted octanol–water partition coefficient (Wildman–Crippen LogP) is 1.39. The zero-order chi connectivity index (χ0) is 10.7. The minimum Gasteiger partial charge on any atom is -0.443 e. The Hall–Kier alpha value is -0.870. The standard InChI is InChI=1S/C10H19N3O/c1-7(2)9(11)10-12-5-8(14-10)6-13(3)4/h5,7,9H,6,11H2,1-4H3/t9-/m0/s1. The van der Waals surface area contributed by atoms with Crippen LogP contribution in [0, 0.1) is 5.92 Å². The fourth-order valence-corrected chi connectivity index (χ4v) is 1.15. The van der Waals surface area contributed by atoms with Gasteiger partial charge in [0.15, 0.2) is 0 Å². The molecule has 0 fully saturated rings. The molecule has 0 amide bonds. The lowest BCUT2D eigenvalue weighted by Crippen LogP contribution is -2.16. The van der Waals surface area contributed by atoms with E-state index in [4.69, 9.17) is 10.2 Å². The smallest absolute Gasteiger partial charge is 0.211 e. The molecular formula is C10H19N3O. The van der Waals surface area contributed by atoms with Crippen LogP contribution in [-0.2, 0) is 6.54 Å². The summed E-state index contributed by atoms with van der Waals surface area (Å²) in [6.07, 6.45) is 1.75. The van der Waals surface area contributed by atoms with Crippen LogP contribution < -0.4 is 5.73 Å². The zero-order valence-electron chi connectivity index (χ0n) is 9.32. The van der Waals surface area contributed by atoms with Crippen molar-refractivity contribution in [2.75, 3.05) is 14.1 Å². The van der Waals surface area contributed by atoms with E-state index in [0.717, 1.165) is 12.3 Å². The number of nitrogens with two attached hydrogens (primary N) is 1. The Bertz CT molecular complexity index is 281. The molecule has 1 heterocycles. The molecule has 0 saturated carbocycles. The van der Waals surface area contributed by atoms with Gasteiger partial charge >= 0.3 is 0 Å². The minimum atomic E-state index is -0.106. The average Bonchev–Trinajstić information content (AvgIpc) is 2.50. The zero-order valence-corrected chi connectivity index (χ0v) is 9.32. The van der Waals surface area contributed by atoms with E-state index in [1.807, 2.05) is 19.0 Å². The highest BCUT2D eigenvalue weighted by Crippen LogP contribution is 2.18. The highest BCUT2D eigenvalue weighted by molar-refractivity contribution is 4.98. The molecule has 14 heavy (non-hydrogen) atoms. The molecule has 4 nitrogen and oxygen atoms in total. The van der Waals surface area contributed by atoms with Gasteiger partial charge in [0.2, 0.25) is 5.89 Å². The summed E-state index contributed by atoms with van der Waals surface area (Å²) in [5, 5.41) is 0. The number of nitrogens with zero attached hydrogens (tertiary/aromatic N) is 2. The van der Waals surface area contributed by atoms with Crippen LogP contribution in [-0.4, -0.2) is 24.0 Å². The Balaban J connectivity index is 2.67. The number of hydrogen-bond donors (Lipinski definition) is 1. The third-order valence-corrected chi connectivity index (χ3v) is 2.05. The van der Waals surface area contributed by atoms with E-state index in [0.29, 0.717) is 11.8 Å². The normalized spacial score (nSPS) is 13.9. The monoisotopic (exact) mass is 197 g/mol. The largest absolute Gasteiger partial charge is 0.443 e. The topological polar surface area (TPSA) is 55.3 Å². The van der Waals surface area contributed by atoms with Gasteiger partial charge in [0.1, 0.15) is 5.76 Å². The van der Waals surface area contributed by atoms with Crippen molar-refractivity contribution in [2.24, 2.45) is 11.7 Å². The van der Waals surface area contributed by atoms with Crippen molar-refractivity contribution in [1.29, 1.82) is 0 Å². The predicted molar refractivity (Wildman–Crippen MR) is 55.7 cm³/mol. The molecule has 0 aliphatic heterocycles. The molecule has 0 aliphatic rings. The fraction of sp³-hybridized carbons (Fsp3) is 0.700. The number of rotatable bonds is 4. The number of aromatic nitrogens is 1. The SMILES string of the molecule is CC(C)[C@H](N)c1ncc(CN(C)C)o1. The maximum Gasteiger partial charge on any atom is 0.211 e. The van der Waals surface area contributed by atoms with Crippen molar-refractivity contribution in [3.63, 3.8) is 0 Å². The quantitative estimate of drug-likeness (QED) is 0.792. The Labute approximate surface area is 85.1 Å². The summed E-state index contributed by atoms with van der Waals surface area (Å²) in [5.41, 5.74) is 5.91. The van der Waals surface area contributed by atoms with Crippen LogP contribution in [0.15, 0.2) is 10.6 Å². The van der Waals surface area contributed by atoms with Crippen molar-refractivity contribution in [3.05, 3.63) is 17.8 Å². The Kier molecular flexibility index (Phi) is 3.66. The molecule has 2 N–H and O–H groups in total. The first-order valence-electron chi connectivity index (χ1n) is 4.85. The lowest BCUT2D eigenvalue weighted by molar-refractivity contribution is 0.319.